The fraction of sp³-hybridized carbons (Fsp3) is 0.0727. The third-order valence-corrected chi connectivity index (χ3v) is 23.2. The predicted octanol–water partition coefficient (Wildman–Crippen LogP) is 29.6. The Labute approximate surface area is 670 Å². The molecule has 5 nitrogen and oxygen atoms in total. The molecule has 0 bridgehead atoms. The summed E-state index contributed by atoms with van der Waals surface area (Å²) in [4.78, 5) is 0. The number of hydrogen-bond acceptors (Lipinski definition) is 0. The lowest BCUT2D eigenvalue weighted by Gasteiger charge is -2.18. The van der Waals surface area contributed by atoms with Crippen molar-refractivity contribution in [3.63, 3.8) is 0 Å². The van der Waals surface area contributed by atoms with E-state index in [0.717, 1.165) is 34.0 Å². The Hall–Kier alpha value is -14.3. The lowest BCUT2D eigenvalue weighted by atomic mass is 9.86. The zero-order chi connectivity index (χ0) is 77.5. The highest BCUT2D eigenvalue weighted by Crippen LogP contribution is 2.46. The monoisotopic (exact) mass is 1480 g/mol. The summed E-state index contributed by atoms with van der Waals surface area (Å²) in [5.74, 6) is 0. The van der Waals surface area contributed by atoms with Gasteiger partial charge in [-0.3, -0.25) is 0 Å². The molecule has 0 unspecified atom stereocenters. The molecule has 0 aliphatic carbocycles. The molecule has 550 valence electrons. The number of nitrogens with zero attached hydrogens (tertiary/aromatic N) is 5. The van der Waals surface area contributed by atoms with Crippen LogP contribution in [-0.2, 0) is 10.8 Å². The fourth-order valence-electron chi connectivity index (χ4n) is 17.5. The Morgan fingerprint density at radius 3 is 0.939 bits per heavy atom. The van der Waals surface area contributed by atoms with Crippen LogP contribution in [0.5, 0.6) is 0 Å². The van der Waals surface area contributed by atoms with E-state index >= 15 is 0 Å². The van der Waals surface area contributed by atoms with Gasteiger partial charge in [0.1, 0.15) is 0 Å². The third-order valence-electron chi connectivity index (χ3n) is 23.2. The van der Waals surface area contributed by atoms with E-state index in [2.05, 4.69) is 471 Å². The Morgan fingerprint density at radius 2 is 0.504 bits per heavy atom. The van der Waals surface area contributed by atoms with E-state index in [4.69, 9.17) is 0 Å². The fourth-order valence-corrected chi connectivity index (χ4v) is 17.5. The van der Waals surface area contributed by atoms with Gasteiger partial charge in [-0.25, -0.2) is 0 Å². The molecule has 0 N–H and O–H groups in total. The van der Waals surface area contributed by atoms with Gasteiger partial charge in [0.2, 0.25) is 0 Å². The van der Waals surface area contributed by atoms with Gasteiger partial charge in [0.15, 0.2) is 0 Å². The SMILES string of the molecule is CC(C)(C)c1ccc(/C=C/c2ccc3c(c2)n(-c2ccccc2)c2c4ccc(-c5cccc(-c6cccc7ccccc67)c5)cc4n(-c4ccccc4)c32)cc1.CC(C)(C)c1ccc(/C=C/c2ccc3c(c2)n(-c2ccccc2)c2c4ccc(-c5cccc(-n6c7ccccc7c7ccccc76)c5)cc4n(-c4ccccc4)c32)cc1. The van der Waals surface area contributed by atoms with Crippen LogP contribution >= 0.6 is 0 Å². The van der Waals surface area contributed by atoms with Crippen LogP contribution in [0.3, 0.4) is 0 Å². The third kappa shape index (κ3) is 12.6. The lowest BCUT2D eigenvalue weighted by molar-refractivity contribution is 0.590. The van der Waals surface area contributed by atoms with E-state index in [-0.39, 0.29) is 10.8 Å². The second-order valence-corrected chi connectivity index (χ2v) is 32.5. The van der Waals surface area contributed by atoms with E-state index < -0.39 is 0 Å². The van der Waals surface area contributed by atoms with Crippen molar-refractivity contribution in [2.45, 2.75) is 52.4 Å². The minimum absolute atomic E-state index is 0.129. The Kier molecular flexibility index (Phi) is 17.3. The Bertz CT molecular complexity index is 7290. The normalized spacial score (nSPS) is 12.2. The molecule has 21 aromatic rings. The van der Waals surface area contributed by atoms with Crippen molar-refractivity contribution in [1.29, 1.82) is 0 Å². The van der Waals surface area contributed by atoms with Gasteiger partial charge >= 0.3 is 0 Å². The topological polar surface area (TPSA) is 24.6 Å². The minimum Gasteiger partial charge on any atom is -0.309 e. The van der Waals surface area contributed by atoms with Gasteiger partial charge in [0.25, 0.3) is 0 Å². The molecule has 21 rings (SSSR count). The van der Waals surface area contributed by atoms with Crippen molar-refractivity contribution in [3.8, 4) is 61.8 Å². The second-order valence-electron chi connectivity index (χ2n) is 32.5. The first kappa shape index (κ1) is 69.9. The molecule has 5 heterocycles. The molecule has 0 atom stereocenters. The van der Waals surface area contributed by atoms with Gasteiger partial charge in [-0.05, 0) is 191 Å². The van der Waals surface area contributed by atoms with E-state index in [9.17, 15) is 0 Å². The van der Waals surface area contributed by atoms with Gasteiger partial charge in [0, 0.05) is 60.8 Å². The van der Waals surface area contributed by atoms with Crippen molar-refractivity contribution in [2.24, 2.45) is 0 Å². The highest BCUT2D eigenvalue weighted by molar-refractivity contribution is 6.22. The van der Waals surface area contributed by atoms with Crippen LogP contribution in [0, 0.1) is 0 Å². The predicted molar refractivity (Wildman–Crippen MR) is 492 cm³/mol. The van der Waals surface area contributed by atoms with Crippen LogP contribution in [0.2, 0.25) is 0 Å². The molecule has 0 aliphatic heterocycles. The molecular formula is C110H85N5. The van der Waals surface area contributed by atoms with Crippen LogP contribution in [0.4, 0.5) is 0 Å². The number of hydrogen-bond donors (Lipinski definition) is 0. The maximum Gasteiger partial charge on any atom is 0.0803 e. The molecular weight excluding hydrogens is 1390 g/mol. The smallest absolute Gasteiger partial charge is 0.0803 e. The van der Waals surface area contributed by atoms with Crippen molar-refractivity contribution in [1.82, 2.24) is 22.8 Å². The van der Waals surface area contributed by atoms with Crippen LogP contribution in [-0.4, -0.2) is 22.8 Å². The first-order valence-corrected chi connectivity index (χ1v) is 40.0. The van der Waals surface area contributed by atoms with Gasteiger partial charge in [-0.15, -0.1) is 0 Å². The average molecular weight is 1480 g/mol. The van der Waals surface area contributed by atoms with Crippen molar-refractivity contribution >= 4 is 123 Å². The minimum atomic E-state index is 0.129. The number of para-hydroxylation sites is 6. The zero-order valence-electron chi connectivity index (χ0n) is 65.4. The summed E-state index contributed by atoms with van der Waals surface area (Å²) >= 11 is 0. The van der Waals surface area contributed by atoms with Crippen LogP contribution < -0.4 is 0 Å². The summed E-state index contributed by atoms with van der Waals surface area (Å²) < 4.78 is 12.3. The molecule has 0 amide bonds. The molecule has 0 fully saturated rings. The molecule has 5 heteroatoms. The van der Waals surface area contributed by atoms with Crippen LogP contribution in [0.1, 0.15) is 74.9 Å². The quantitative estimate of drug-likeness (QED) is 0.109. The molecule has 0 aliphatic rings. The molecule has 0 spiro atoms. The Morgan fingerprint density at radius 1 is 0.191 bits per heavy atom. The average Bonchev–Trinajstić information content (AvgIpc) is 1.54. The van der Waals surface area contributed by atoms with Gasteiger partial charge in [0.05, 0.1) is 55.2 Å². The van der Waals surface area contributed by atoms with E-state index in [1.54, 1.807) is 0 Å². The van der Waals surface area contributed by atoms with Crippen LogP contribution in [0.25, 0.3) is 184 Å². The Balaban J connectivity index is 0.000000149. The van der Waals surface area contributed by atoms with Crippen molar-refractivity contribution in [2.75, 3.05) is 0 Å². The first-order valence-electron chi connectivity index (χ1n) is 40.0. The van der Waals surface area contributed by atoms with Crippen LogP contribution in [0.15, 0.2) is 382 Å². The van der Waals surface area contributed by atoms with Gasteiger partial charge in [-0.2, -0.15) is 0 Å². The highest BCUT2D eigenvalue weighted by Gasteiger charge is 2.26. The van der Waals surface area contributed by atoms with E-state index in [0.29, 0.717) is 0 Å². The number of fused-ring (bicyclic) bond motifs is 14. The summed E-state index contributed by atoms with van der Waals surface area (Å²) in [7, 11) is 0. The van der Waals surface area contributed by atoms with E-state index in [1.165, 1.54) is 159 Å². The zero-order valence-corrected chi connectivity index (χ0v) is 65.4. The van der Waals surface area contributed by atoms with Gasteiger partial charge < -0.3 is 22.8 Å². The maximum atomic E-state index is 2.47. The maximum absolute atomic E-state index is 2.47. The van der Waals surface area contributed by atoms with E-state index in [1.807, 2.05) is 0 Å². The molecule has 0 radical (unpaired) electrons. The largest absolute Gasteiger partial charge is 0.309 e. The number of benzene rings is 16. The molecule has 0 saturated carbocycles. The first-order chi connectivity index (χ1) is 56.3. The molecule has 115 heavy (non-hydrogen) atoms. The summed E-state index contributed by atoms with van der Waals surface area (Å²) in [5, 5.41) is 9.91. The van der Waals surface area contributed by atoms with Gasteiger partial charge in [-0.1, -0.05) is 345 Å². The lowest BCUT2D eigenvalue weighted by Crippen LogP contribution is -2.10. The molecule has 16 aromatic carbocycles. The molecule has 5 aromatic heterocycles. The summed E-state index contributed by atoms with van der Waals surface area (Å²) in [6, 6.07) is 140. The van der Waals surface area contributed by atoms with Crippen molar-refractivity contribution < 1.29 is 0 Å². The number of rotatable bonds is 12. The highest BCUT2D eigenvalue weighted by atomic mass is 15.1. The molecule has 0 saturated heterocycles. The summed E-state index contributed by atoms with van der Waals surface area (Å²) in [5.41, 5.74) is 32.6. The summed E-state index contributed by atoms with van der Waals surface area (Å²) in [6.07, 6.45) is 8.92. The number of aromatic nitrogens is 5. The second kappa shape index (κ2) is 28.5. The standard InChI is InChI=1S/C56H43N3.C54H42N2/c1-56(2,3)42-31-27-38(28-32-42)25-26-39-29-33-48-52(35-39)58(43-16-6-4-7-17-43)55-49-34-30-41(37-53(49)59(54(48)55)44-18-8-5-9-19-44)40-15-14-20-45(36-40)57-50-23-12-10-21-46(50)47-22-11-13-24-51(47)57;1-54(2,3)43-30-26-37(27-31-43)24-25-38-28-32-48-50(34-38)55(44-18-6-4-7-19-44)53-49-33-29-41(36-51(49)56(52(48)53)45-20-8-5-9-21-45)40-16-12-17-42(35-40)47-23-13-15-39-14-10-11-22-46(39)47/h4-37H,1-3H3;4-36H,1-3H3/b26-25+;25-24+. The van der Waals surface area contributed by atoms with Crippen molar-refractivity contribution in [3.05, 3.63) is 416 Å². The summed E-state index contributed by atoms with van der Waals surface area (Å²) in [6.45, 7) is 13.6.